The Morgan fingerprint density at radius 2 is 1.76 bits per heavy atom. The van der Waals surface area contributed by atoms with Crippen LogP contribution in [0.2, 0.25) is 0 Å². The van der Waals surface area contributed by atoms with E-state index in [0.717, 1.165) is 0 Å². The molecule has 25 heavy (non-hydrogen) atoms. The summed E-state index contributed by atoms with van der Waals surface area (Å²) in [5, 5.41) is 9.58. The van der Waals surface area contributed by atoms with Gasteiger partial charge in [0.1, 0.15) is 6.10 Å². The maximum Gasteiger partial charge on any atom is 0.261 e. The van der Waals surface area contributed by atoms with E-state index in [-0.39, 0.29) is 37.0 Å². The van der Waals surface area contributed by atoms with E-state index in [0.29, 0.717) is 17.5 Å². The monoisotopic (exact) mass is 347 g/mol. The number of benzene rings is 1. The molecular formula is C18H21NO6. The molecule has 0 unspecified atom stereocenters. The summed E-state index contributed by atoms with van der Waals surface area (Å²) in [5.41, 5.74) is 0.877. The summed E-state index contributed by atoms with van der Waals surface area (Å²) in [6.07, 6.45) is -0.792. The lowest BCUT2D eigenvalue weighted by Crippen LogP contribution is -2.37. The van der Waals surface area contributed by atoms with Gasteiger partial charge < -0.3 is 19.3 Å². The number of carbonyl (C=O) groups excluding carboxylic acids is 2. The standard InChI is InChI=1S/C18H21NO6/c1-18(2)24-14-12(13(9-20)23-17(14)25-18)7-8-19-15(21)10-5-3-4-6-11(10)16(19)22/h3-6,12-14,17,20H,7-9H2,1-2H3/t12-,13+,14-,17-/m0/s1. The van der Waals surface area contributed by atoms with E-state index < -0.39 is 18.2 Å². The lowest BCUT2D eigenvalue weighted by Gasteiger charge is -2.26. The molecule has 3 aliphatic rings. The SMILES string of the molecule is CC1(C)O[C@@H]2O[C@H](CO)[C@H](CCN3C(=O)c4ccccc4C3=O)[C@@H]2O1. The Labute approximate surface area is 145 Å². The van der Waals surface area contributed by atoms with Gasteiger partial charge in [0.25, 0.3) is 11.8 Å². The summed E-state index contributed by atoms with van der Waals surface area (Å²) in [4.78, 5) is 26.2. The highest BCUT2D eigenvalue weighted by atomic mass is 16.8. The average molecular weight is 347 g/mol. The maximum absolute atomic E-state index is 12.5. The summed E-state index contributed by atoms with van der Waals surface area (Å²) in [6.45, 7) is 3.71. The Balaban J connectivity index is 1.48. The molecule has 2 saturated heterocycles. The third kappa shape index (κ3) is 2.67. The number of imide groups is 1. The molecule has 4 atom stereocenters. The van der Waals surface area contributed by atoms with Gasteiger partial charge in [0.05, 0.1) is 23.8 Å². The van der Waals surface area contributed by atoms with Crippen LogP contribution in [0, 0.1) is 5.92 Å². The molecule has 0 aliphatic carbocycles. The van der Waals surface area contributed by atoms with Crippen LogP contribution < -0.4 is 0 Å². The number of carbonyl (C=O) groups is 2. The lowest BCUT2D eigenvalue weighted by atomic mass is 9.94. The van der Waals surface area contributed by atoms with Crippen molar-refractivity contribution < 1.29 is 28.9 Å². The molecule has 1 aromatic rings. The van der Waals surface area contributed by atoms with Crippen molar-refractivity contribution in [2.75, 3.05) is 13.2 Å². The van der Waals surface area contributed by atoms with Gasteiger partial charge in [-0.2, -0.15) is 0 Å². The number of aliphatic hydroxyl groups is 1. The first kappa shape index (κ1) is 16.7. The zero-order valence-corrected chi connectivity index (χ0v) is 14.2. The van der Waals surface area contributed by atoms with Crippen molar-refractivity contribution in [3.8, 4) is 0 Å². The summed E-state index contributed by atoms with van der Waals surface area (Å²) in [7, 11) is 0. The average Bonchev–Trinajstić information content (AvgIpc) is 3.14. The second-order valence-corrected chi connectivity index (χ2v) is 7.09. The number of fused-ring (bicyclic) bond motifs is 2. The fourth-order valence-electron chi connectivity index (χ4n) is 3.89. The van der Waals surface area contributed by atoms with Crippen molar-refractivity contribution in [2.24, 2.45) is 5.92 Å². The second-order valence-electron chi connectivity index (χ2n) is 7.09. The van der Waals surface area contributed by atoms with E-state index in [1.165, 1.54) is 4.90 Å². The normalized spacial score (nSPS) is 33.0. The molecule has 0 spiro atoms. The number of hydrogen-bond acceptors (Lipinski definition) is 6. The Hall–Kier alpha value is -1.80. The zero-order valence-electron chi connectivity index (χ0n) is 14.2. The molecule has 0 saturated carbocycles. The molecule has 1 N–H and O–H groups in total. The van der Waals surface area contributed by atoms with E-state index >= 15 is 0 Å². The quantitative estimate of drug-likeness (QED) is 0.823. The number of ether oxygens (including phenoxy) is 3. The lowest BCUT2D eigenvalue weighted by molar-refractivity contribution is -0.213. The van der Waals surface area contributed by atoms with E-state index in [1.807, 2.05) is 13.8 Å². The first-order chi connectivity index (χ1) is 11.9. The number of rotatable bonds is 4. The maximum atomic E-state index is 12.5. The van der Waals surface area contributed by atoms with Crippen LogP contribution in [0.15, 0.2) is 24.3 Å². The van der Waals surface area contributed by atoms with Crippen LogP contribution in [0.3, 0.4) is 0 Å². The van der Waals surface area contributed by atoms with Crippen molar-refractivity contribution in [2.45, 2.75) is 44.6 Å². The Bertz CT molecular complexity index is 682. The van der Waals surface area contributed by atoms with Crippen LogP contribution in [-0.4, -0.2) is 59.3 Å². The minimum atomic E-state index is -0.746. The van der Waals surface area contributed by atoms with Crippen LogP contribution in [0.4, 0.5) is 0 Å². The van der Waals surface area contributed by atoms with Gasteiger partial charge in [-0.1, -0.05) is 12.1 Å². The van der Waals surface area contributed by atoms with E-state index in [9.17, 15) is 14.7 Å². The van der Waals surface area contributed by atoms with E-state index in [4.69, 9.17) is 14.2 Å². The van der Waals surface area contributed by atoms with Crippen molar-refractivity contribution in [3.63, 3.8) is 0 Å². The Morgan fingerprint density at radius 1 is 1.12 bits per heavy atom. The molecule has 0 bridgehead atoms. The fraction of sp³-hybridized carbons (Fsp3) is 0.556. The molecule has 7 nitrogen and oxygen atoms in total. The largest absolute Gasteiger partial charge is 0.394 e. The Morgan fingerprint density at radius 3 is 2.36 bits per heavy atom. The van der Waals surface area contributed by atoms with E-state index in [2.05, 4.69) is 0 Å². The third-order valence-corrected chi connectivity index (χ3v) is 5.04. The number of amides is 2. The first-order valence-electron chi connectivity index (χ1n) is 8.48. The van der Waals surface area contributed by atoms with Crippen LogP contribution in [0.1, 0.15) is 41.0 Å². The minimum Gasteiger partial charge on any atom is -0.394 e. The zero-order chi connectivity index (χ0) is 17.8. The van der Waals surface area contributed by atoms with Crippen molar-refractivity contribution in [3.05, 3.63) is 35.4 Å². The molecule has 7 heteroatoms. The van der Waals surface area contributed by atoms with Gasteiger partial charge in [0.15, 0.2) is 12.1 Å². The molecule has 1 aromatic carbocycles. The van der Waals surface area contributed by atoms with Crippen LogP contribution >= 0.6 is 0 Å². The summed E-state index contributed by atoms with van der Waals surface area (Å²) in [5.74, 6) is -1.45. The summed E-state index contributed by atoms with van der Waals surface area (Å²) in [6, 6.07) is 6.82. The number of aliphatic hydroxyl groups excluding tert-OH is 1. The summed E-state index contributed by atoms with van der Waals surface area (Å²) >= 11 is 0. The van der Waals surface area contributed by atoms with Crippen molar-refractivity contribution >= 4 is 11.8 Å². The van der Waals surface area contributed by atoms with E-state index in [1.54, 1.807) is 24.3 Å². The highest BCUT2D eigenvalue weighted by Crippen LogP contribution is 2.42. The molecule has 3 aliphatic heterocycles. The van der Waals surface area contributed by atoms with Crippen molar-refractivity contribution in [1.29, 1.82) is 0 Å². The number of hydrogen-bond donors (Lipinski definition) is 1. The minimum absolute atomic E-state index is 0.152. The van der Waals surface area contributed by atoms with Gasteiger partial charge in [0.2, 0.25) is 0 Å². The van der Waals surface area contributed by atoms with Crippen LogP contribution in [-0.2, 0) is 14.2 Å². The highest BCUT2D eigenvalue weighted by Gasteiger charge is 2.54. The molecule has 0 radical (unpaired) electrons. The van der Waals surface area contributed by atoms with Gasteiger partial charge in [-0.05, 0) is 32.4 Å². The van der Waals surface area contributed by atoms with Gasteiger partial charge in [0, 0.05) is 12.5 Å². The smallest absolute Gasteiger partial charge is 0.261 e. The first-order valence-corrected chi connectivity index (χ1v) is 8.48. The van der Waals surface area contributed by atoms with Crippen molar-refractivity contribution in [1.82, 2.24) is 4.90 Å². The Kier molecular flexibility index (Phi) is 3.92. The molecule has 2 amide bonds. The highest BCUT2D eigenvalue weighted by molar-refractivity contribution is 6.21. The summed E-state index contributed by atoms with van der Waals surface area (Å²) < 4.78 is 17.3. The van der Waals surface area contributed by atoms with Gasteiger partial charge in [-0.15, -0.1) is 0 Å². The second kappa shape index (κ2) is 5.88. The van der Waals surface area contributed by atoms with Gasteiger partial charge in [-0.25, -0.2) is 0 Å². The third-order valence-electron chi connectivity index (χ3n) is 5.04. The molecule has 4 rings (SSSR count). The fourth-order valence-corrected chi connectivity index (χ4v) is 3.89. The molecular weight excluding hydrogens is 326 g/mol. The topological polar surface area (TPSA) is 85.3 Å². The predicted octanol–water partition coefficient (Wildman–Crippen LogP) is 1.16. The van der Waals surface area contributed by atoms with Gasteiger partial charge >= 0.3 is 0 Å². The predicted molar refractivity (Wildman–Crippen MR) is 85.7 cm³/mol. The van der Waals surface area contributed by atoms with Crippen LogP contribution in [0.5, 0.6) is 0 Å². The molecule has 134 valence electrons. The van der Waals surface area contributed by atoms with Gasteiger partial charge in [-0.3, -0.25) is 14.5 Å². The molecule has 2 fully saturated rings. The molecule has 0 aromatic heterocycles. The van der Waals surface area contributed by atoms with Crippen LogP contribution in [0.25, 0.3) is 0 Å². The molecule has 3 heterocycles. The number of nitrogens with zero attached hydrogens (tertiary/aromatic N) is 1.